The van der Waals surface area contributed by atoms with Crippen molar-refractivity contribution < 1.29 is 4.79 Å². The second-order valence-corrected chi connectivity index (χ2v) is 4.55. The van der Waals surface area contributed by atoms with E-state index in [0.29, 0.717) is 12.4 Å². The molecule has 0 aliphatic carbocycles. The molecule has 0 aromatic heterocycles. The molecule has 0 bridgehead atoms. The van der Waals surface area contributed by atoms with Gasteiger partial charge < -0.3 is 10.6 Å². The van der Waals surface area contributed by atoms with Crippen LogP contribution in [0.5, 0.6) is 0 Å². The Kier molecular flexibility index (Phi) is 4.26. The molecule has 0 fully saturated rings. The molecule has 2 N–H and O–H groups in total. The topological polar surface area (TPSA) is 41.1 Å². The van der Waals surface area contributed by atoms with E-state index in [2.05, 4.69) is 16.7 Å². The lowest BCUT2D eigenvalue weighted by Crippen LogP contribution is -2.27. The molecule has 0 saturated carbocycles. The lowest BCUT2D eigenvalue weighted by Gasteiger charge is -2.20. The van der Waals surface area contributed by atoms with Gasteiger partial charge in [-0.25, -0.2) is 0 Å². The fourth-order valence-corrected chi connectivity index (χ4v) is 2.20. The number of aryl methyl sites for hydroxylation is 1. The molecule has 1 aliphatic heterocycles. The zero-order chi connectivity index (χ0) is 12.1. The lowest BCUT2D eigenvalue weighted by atomic mass is 9.99. The van der Waals surface area contributed by atoms with E-state index < -0.39 is 0 Å². The van der Waals surface area contributed by atoms with Gasteiger partial charge >= 0.3 is 0 Å². The normalized spacial score (nSPS) is 13.7. The molecule has 1 amide bonds. The van der Waals surface area contributed by atoms with Crippen LogP contribution in [0.2, 0.25) is 0 Å². The van der Waals surface area contributed by atoms with E-state index in [1.807, 2.05) is 12.1 Å². The minimum absolute atomic E-state index is 0.0126. The summed E-state index contributed by atoms with van der Waals surface area (Å²) in [6, 6.07) is 5.90. The predicted octanol–water partition coefficient (Wildman–Crippen LogP) is 2.40. The molecular weight excluding hydrogens is 236 g/mol. The first-order chi connectivity index (χ1) is 8.33. The van der Waals surface area contributed by atoms with E-state index in [4.69, 9.17) is 11.6 Å². The van der Waals surface area contributed by atoms with Crippen molar-refractivity contribution in [3.8, 4) is 0 Å². The van der Waals surface area contributed by atoms with E-state index in [0.717, 1.165) is 37.1 Å². The van der Waals surface area contributed by atoms with Crippen molar-refractivity contribution in [3.63, 3.8) is 0 Å². The summed E-state index contributed by atoms with van der Waals surface area (Å²) in [4.78, 5) is 12.0. The molecular formula is C13H17ClN2O. The predicted molar refractivity (Wildman–Crippen MR) is 70.9 cm³/mol. The monoisotopic (exact) mass is 252 g/mol. The standard InChI is InChI=1S/C13H17ClN2O/c14-7-3-9-16-13(17)11-6-1-4-10-5-2-8-15-12(10)11/h1,4,6,15H,2-3,5,7-9H2,(H,16,17). The number of carbonyl (C=O) groups excluding carboxylic acids is 1. The number of para-hydroxylation sites is 1. The van der Waals surface area contributed by atoms with Gasteiger partial charge in [-0.15, -0.1) is 11.6 Å². The Bertz CT molecular complexity index is 406. The third-order valence-corrected chi connectivity index (χ3v) is 3.18. The van der Waals surface area contributed by atoms with E-state index in [-0.39, 0.29) is 5.91 Å². The van der Waals surface area contributed by atoms with Gasteiger partial charge in [-0.2, -0.15) is 0 Å². The van der Waals surface area contributed by atoms with Crippen LogP contribution in [0.4, 0.5) is 5.69 Å². The van der Waals surface area contributed by atoms with Gasteiger partial charge in [0.2, 0.25) is 0 Å². The minimum Gasteiger partial charge on any atom is -0.384 e. The highest BCUT2D eigenvalue weighted by Crippen LogP contribution is 2.25. The number of anilines is 1. The van der Waals surface area contributed by atoms with Gasteiger partial charge in [-0.1, -0.05) is 12.1 Å². The molecule has 1 aromatic rings. The minimum atomic E-state index is -0.0126. The van der Waals surface area contributed by atoms with Crippen molar-refractivity contribution >= 4 is 23.2 Å². The first kappa shape index (κ1) is 12.2. The van der Waals surface area contributed by atoms with Crippen LogP contribution in [0.3, 0.4) is 0 Å². The van der Waals surface area contributed by atoms with E-state index in [1.165, 1.54) is 5.56 Å². The molecule has 17 heavy (non-hydrogen) atoms. The van der Waals surface area contributed by atoms with Crippen LogP contribution in [-0.4, -0.2) is 24.9 Å². The molecule has 1 heterocycles. The number of benzene rings is 1. The molecule has 3 nitrogen and oxygen atoms in total. The molecule has 0 radical (unpaired) electrons. The number of alkyl halides is 1. The van der Waals surface area contributed by atoms with Gasteiger partial charge in [0.1, 0.15) is 0 Å². The first-order valence-electron chi connectivity index (χ1n) is 6.03. The van der Waals surface area contributed by atoms with Crippen LogP contribution in [0.15, 0.2) is 18.2 Å². The summed E-state index contributed by atoms with van der Waals surface area (Å²) in [5.74, 6) is 0.562. The van der Waals surface area contributed by atoms with Gasteiger partial charge in [-0.05, 0) is 30.9 Å². The molecule has 1 aromatic carbocycles. The highest BCUT2D eigenvalue weighted by atomic mass is 35.5. The molecule has 92 valence electrons. The van der Waals surface area contributed by atoms with Crippen LogP contribution in [0.25, 0.3) is 0 Å². The number of nitrogens with one attached hydrogen (secondary N) is 2. The molecule has 2 rings (SSSR count). The zero-order valence-corrected chi connectivity index (χ0v) is 10.5. The zero-order valence-electron chi connectivity index (χ0n) is 9.76. The summed E-state index contributed by atoms with van der Waals surface area (Å²) in [5, 5.41) is 6.20. The molecule has 0 saturated heterocycles. The lowest BCUT2D eigenvalue weighted by molar-refractivity contribution is 0.0954. The van der Waals surface area contributed by atoms with Crippen LogP contribution in [0, 0.1) is 0 Å². The molecule has 4 heteroatoms. The van der Waals surface area contributed by atoms with Crippen molar-refractivity contribution in [3.05, 3.63) is 29.3 Å². The number of fused-ring (bicyclic) bond motifs is 1. The van der Waals surface area contributed by atoms with E-state index >= 15 is 0 Å². The largest absolute Gasteiger partial charge is 0.384 e. The first-order valence-corrected chi connectivity index (χ1v) is 6.56. The second kappa shape index (κ2) is 5.92. The average molecular weight is 253 g/mol. The molecule has 0 atom stereocenters. The van der Waals surface area contributed by atoms with Gasteiger partial charge in [-0.3, -0.25) is 4.79 Å². The smallest absolute Gasteiger partial charge is 0.253 e. The highest BCUT2D eigenvalue weighted by Gasteiger charge is 2.16. The maximum Gasteiger partial charge on any atom is 0.253 e. The Labute approximate surface area is 107 Å². The van der Waals surface area contributed by atoms with Gasteiger partial charge in [0, 0.05) is 19.0 Å². The van der Waals surface area contributed by atoms with Crippen molar-refractivity contribution in [1.82, 2.24) is 5.32 Å². The second-order valence-electron chi connectivity index (χ2n) is 4.17. The summed E-state index contributed by atoms with van der Waals surface area (Å²) in [7, 11) is 0. The summed E-state index contributed by atoms with van der Waals surface area (Å²) >= 11 is 5.58. The Morgan fingerprint density at radius 1 is 1.47 bits per heavy atom. The van der Waals surface area contributed by atoms with Gasteiger partial charge in [0.05, 0.1) is 11.3 Å². The third kappa shape index (κ3) is 2.91. The number of carbonyl (C=O) groups is 1. The Balaban J connectivity index is 2.12. The Hall–Kier alpha value is -1.22. The number of hydrogen-bond acceptors (Lipinski definition) is 2. The summed E-state index contributed by atoms with van der Waals surface area (Å²) in [5.41, 5.74) is 2.99. The van der Waals surface area contributed by atoms with Crippen LogP contribution >= 0.6 is 11.6 Å². The van der Waals surface area contributed by atoms with Crippen molar-refractivity contribution in [2.45, 2.75) is 19.3 Å². The van der Waals surface area contributed by atoms with Crippen molar-refractivity contribution in [2.24, 2.45) is 0 Å². The van der Waals surface area contributed by atoms with Crippen LogP contribution in [-0.2, 0) is 6.42 Å². The average Bonchev–Trinajstić information content (AvgIpc) is 2.38. The Morgan fingerprint density at radius 2 is 2.35 bits per heavy atom. The third-order valence-electron chi connectivity index (χ3n) is 2.92. The van der Waals surface area contributed by atoms with E-state index in [1.54, 1.807) is 0 Å². The molecule has 0 spiro atoms. The molecule has 1 aliphatic rings. The summed E-state index contributed by atoms with van der Waals surface area (Å²) in [6.45, 7) is 1.57. The SMILES string of the molecule is O=C(NCCCCl)c1cccc2c1NCCC2. The van der Waals surface area contributed by atoms with E-state index in [9.17, 15) is 4.79 Å². The Morgan fingerprint density at radius 3 is 3.18 bits per heavy atom. The number of amides is 1. The quantitative estimate of drug-likeness (QED) is 0.638. The maximum atomic E-state index is 12.0. The highest BCUT2D eigenvalue weighted by molar-refractivity contribution is 6.17. The van der Waals surface area contributed by atoms with Gasteiger partial charge in [0.25, 0.3) is 5.91 Å². The summed E-state index contributed by atoms with van der Waals surface area (Å²) in [6.07, 6.45) is 2.98. The fraction of sp³-hybridized carbons (Fsp3) is 0.462. The number of hydrogen-bond donors (Lipinski definition) is 2. The summed E-state index contributed by atoms with van der Waals surface area (Å²) < 4.78 is 0. The molecule has 0 unspecified atom stereocenters. The van der Waals surface area contributed by atoms with Crippen molar-refractivity contribution in [1.29, 1.82) is 0 Å². The maximum absolute atomic E-state index is 12.0. The van der Waals surface area contributed by atoms with Crippen LogP contribution in [0.1, 0.15) is 28.8 Å². The number of rotatable bonds is 4. The fourth-order valence-electron chi connectivity index (χ4n) is 2.06. The number of halogens is 1. The van der Waals surface area contributed by atoms with Crippen LogP contribution < -0.4 is 10.6 Å². The van der Waals surface area contributed by atoms with Gasteiger partial charge in [0.15, 0.2) is 0 Å². The van der Waals surface area contributed by atoms with Crippen molar-refractivity contribution in [2.75, 3.05) is 24.3 Å².